The fourth-order valence-corrected chi connectivity index (χ4v) is 1.48. The molecule has 82 valence electrons. The zero-order valence-electron chi connectivity index (χ0n) is 9.61. The smallest absolute Gasteiger partial charge is 0.0343 e. The first kappa shape index (κ1) is 12.1. The Kier molecular flexibility index (Phi) is 4.87. The molecular weight excluding hydrogens is 194 g/mol. The van der Waals surface area contributed by atoms with Crippen molar-refractivity contribution < 1.29 is 0 Å². The van der Waals surface area contributed by atoms with E-state index < -0.39 is 0 Å². The topological polar surface area (TPSA) is 12.0 Å². The molecule has 16 heavy (non-hydrogen) atoms. The molecule has 0 saturated carbocycles. The average Bonchev–Trinajstić information content (AvgIpc) is 2.42. The second-order valence-electron chi connectivity index (χ2n) is 3.20. The summed E-state index contributed by atoms with van der Waals surface area (Å²) >= 11 is 0. The zero-order valence-corrected chi connectivity index (χ0v) is 9.61. The summed E-state index contributed by atoms with van der Waals surface area (Å²) in [6.07, 6.45) is 0. The van der Waals surface area contributed by atoms with Gasteiger partial charge in [0.2, 0.25) is 0 Å². The van der Waals surface area contributed by atoms with Gasteiger partial charge in [0.1, 0.15) is 0 Å². The molecule has 0 aliphatic heterocycles. The number of anilines is 1. The normalized spacial score (nSPS) is 8.81. The summed E-state index contributed by atoms with van der Waals surface area (Å²) in [6.45, 7) is 6.00. The zero-order chi connectivity index (χ0) is 11.8. The van der Waals surface area contributed by atoms with Crippen molar-refractivity contribution in [2.75, 3.05) is 12.4 Å². The second kappa shape index (κ2) is 6.46. The molecule has 0 atom stereocenters. The first-order chi connectivity index (χ1) is 7.90. The largest absolute Gasteiger partial charge is 0.388 e. The minimum Gasteiger partial charge on any atom is -0.388 e. The quantitative estimate of drug-likeness (QED) is 0.734. The van der Waals surface area contributed by atoms with Gasteiger partial charge in [-0.2, -0.15) is 0 Å². The molecular formula is C15H17N. The third-order valence-electron chi connectivity index (χ3n) is 2.26. The third kappa shape index (κ3) is 2.99. The Morgan fingerprint density at radius 3 is 2.06 bits per heavy atom. The molecule has 0 fully saturated rings. The maximum Gasteiger partial charge on any atom is 0.0343 e. The van der Waals surface area contributed by atoms with Gasteiger partial charge in [0.05, 0.1) is 0 Å². The van der Waals surface area contributed by atoms with Gasteiger partial charge in [-0.05, 0) is 23.3 Å². The highest BCUT2D eigenvalue weighted by Gasteiger charge is 1.96. The van der Waals surface area contributed by atoms with Crippen molar-refractivity contribution in [3.63, 3.8) is 0 Å². The van der Waals surface area contributed by atoms with Crippen LogP contribution in [0.4, 0.5) is 5.69 Å². The lowest BCUT2D eigenvalue weighted by Crippen LogP contribution is -1.87. The monoisotopic (exact) mass is 211 g/mol. The van der Waals surface area contributed by atoms with Gasteiger partial charge in [-0.3, -0.25) is 0 Å². The summed E-state index contributed by atoms with van der Waals surface area (Å²) in [5.41, 5.74) is 3.65. The highest BCUT2D eigenvalue weighted by molar-refractivity contribution is 5.67. The molecule has 0 aliphatic rings. The van der Waals surface area contributed by atoms with Crippen molar-refractivity contribution >= 4 is 5.69 Å². The van der Waals surface area contributed by atoms with E-state index in [2.05, 4.69) is 67.0 Å². The van der Waals surface area contributed by atoms with Crippen molar-refractivity contribution in [1.82, 2.24) is 0 Å². The van der Waals surface area contributed by atoms with Crippen LogP contribution in [0.15, 0.2) is 67.8 Å². The van der Waals surface area contributed by atoms with Crippen LogP contribution in [0.1, 0.15) is 0 Å². The highest BCUT2D eigenvalue weighted by atomic mass is 14.8. The van der Waals surface area contributed by atoms with E-state index in [0.29, 0.717) is 0 Å². The molecule has 1 N–H and O–H groups in total. The molecule has 0 heterocycles. The predicted molar refractivity (Wildman–Crippen MR) is 72.7 cm³/mol. The summed E-state index contributed by atoms with van der Waals surface area (Å²) in [7, 11) is 1.93. The Hall–Kier alpha value is -2.02. The van der Waals surface area contributed by atoms with E-state index in [9.17, 15) is 0 Å². The number of benzene rings is 2. The lowest BCUT2D eigenvalue weighted by molar-refractivity contribution is 1.51. The molecule has 0 bridgehead atoms. The van der Waals surface area contributed by atoms with Gasteiger partial charge >= 0.3 is 0 Å². The van der Waals surface area contributed by atoms with Gasteiger partial charge in [-0.1, -0.05) is 42.5 Å². The van der Waals surface area contributed by atoms with E-state index >= 15 is 0 Å². The van der Waals surface area contributed by atoms with Crippen LogP contribution >= 0.6 is 0 Å². The summed E-state index contributed by atoms with van der Waals surface area (Å²) < 4.78 is 0. The minimum atomic E-state index is 1.14. The van der Waals surface area contributed by atoms with Crippen LogP contribution in [0.2, 0.25) is 0 Å². The van der Waals surface area contributed by atoms with Crippen molar-refractivity contribution in [3.05, 3.63) is 67.8 Å². The SMILES string of the molecule is C=C.CNc1cccc(-c2ccccc2)c1. The molecule has 2 rings (SSSR count). The van der Waals surface area contributed by atoms with E-state index in [-0.39, 0.29) is 0 Å². The van der Waals surface area contributed by atoms with Crippen molar-refractivity contribution in [3.8, 4) is 11.1 Å². The van der Waals surface area contributed by atoms with Gasteiger partial charge in [0.15, 0.2) is 0 Å². The van der Waals surface area contributed by atoms with E-state index in [0.717, 1.165) is 5.69 Å². The molecule has 2 aromatic carbocycles. The van der Waals surface area contributed by atoms with Crippen LogP contribution in [-0.4, -0.2) is 7.05 Å². The van der Waals surface area contributed by atoms with Crippen molar-refractivity contribution in [1.29, 1.82) is 0 Å². The average molecular weight is 211 g/mol. The van der Waals surface area contributed by atoms with Crippen LogP contribution in [0.5, 0.6) is 0 Å². The first-order valence-corrected chi connectivity index (χ1v) is 5.23. The molecule has 1 heteroatoms. The Morgan fingerprint density at radius 1 is 0.812 bits per heavy atom. The summed E-state index contributed by atoms with van der Waals surface area (Å²) in [6, 6.07) is 18.8. The van der Waals surface area contributed by atoms with E-state index in [4.69, 9.17) is 0 Å². The Morgan fingerprint density at radius 2 is 1.44 bits per heavy atom. The fraction of sp³-hybridized carbons (Fsp3) is 0.0667. The van der Waals surface area contributed by atoms with Gasteiger partial charge < -0.3 is 5.32 Å². The van der Waals surface area contributed by atoms with Crippen LogP contribution in [-0.2, 0) is 0 Å². The standard InChI is InChI=1S/C13H13N.C2H4/c1-14-13-9-5-8-12(10-13)11-6-3-2-4-7-11;1-2/h2-10,14H,1H3;1-2H2. The molecule has 0 radical (unpaired) electrons. The molecule has 0 saturated heterocycles. The molecule has 0 aromatic heterocycles. The van der Waals surface area contributed by atoms with E-state index in [1.54, 1.807) is 0 Å². The molecule has 0 unspecified atom stereocenters. The van der Waals surface area contributed by atoms with Gasteiger partial charge in [-0.25, -0.2) is 0 Å². The second-order valence-corrected chi connectivity index (χ2v) is 3.20. The number of hydrogen-bond acceptors (Lipinski definition) is 1. The van der Waals surface area contributed by atoms with Crippen LogP contribution in [0, 0.1) is 0 Å². The summed E-state index contributed by atoms with van der Waals surface area (Å²) in [5, 5.41) is 3.14. The van der Waals surface area contributed by atoms with Crippen LogP contribution in [0.3, 0.4) is 0 Å². The van der Waals surface area contributed by atoms with E-state index in [1.807, 2.05) is 13.1 Å². The predicted octanol–water partition coefficient (Wildman–Crippen LogP) is 4.20. The summed E-state index contributed by atoms with van der Waals surface area (Å²) in [4.78, 5) is 0. The molecule has 0 amide bonds. The Balaban J connectivity index is 0.000000606. The number of hydrogen-bond donors (Lipinski definition) is 1. The van der Waals surface area contributed by atoms with Crippen molar-refractivity contribution in [2.24, 2.45) is 0 Å². The van der Waals surface area contributed by atoms with Gasteiger partial charge in [0, 0.05) is 12.7 Å². The lowest BCUT2D eigenvalue weighted by atomic mass is 10.1. The maximum absolute atomic E-state index is 3.14. The minimum absolute atomic E-state index is 1.14. The molecule has 2 aromatic rings. The molecule has 1 nitrogen and oxygen atoms in total. The highest BCUT2D eigenvalue weighted by Crippen LogP contribution is 2.21. The van der Waals surface area contributed by atoms with E-state index in [1.165, 1.54) is 11.1 Å². The summed E-state index contributed by atoms with van der Waals surface area (Å²) in [5.74, 6) is 0. The number of nitrogens with one attached hydrogen (secondary N) is 1. The lowest BCUT2D eigenvalue weighted by Gasteiger charge is -2.04. The van der Waals surface area contributed by atoms with Crippen LogP contribution in [0.25, 0.3) is 11.1 Å². The van der Waals surface area contributed by atoms with Crippen molar-refractivity contribution in [2.45, 2.75) is 0 Å². The molecule has 0 spiro atoms. The maximum atomic E-state index is 3.14. The number of rotatable bonds is 2. The van der Waals surface area contributed by atoms with Crippen LogP contribution < -0.4 is 5.32 Å². The molecule has 0 aliphatic carbocycles. The first-order valence-electron chi connectivity index (χ1n) is 5.23. The Labute approximate surface area is 97.4 Å². The Bertz CT molecular complexity index is 420. The fourth-order valence-electron chi connectivity index (χ4n) is 1.48. The third-order valence-corrected chi connectivity index (χ3v) is 2.26. The van der Waals surface area contributed by atoms with Gasteiger partial charge in [-0.15, -0.1) is 13.2 Å². The van der Waals surface area contributed by atoms with Gasteiger partial charge in [0.25, 0.3) is 0 Å².